The number of carbonyl (C=O) groups is 2. The monoisotopic (exact) mass is 320 g/mol. The second kappa shape index (κ2) is 7.84. The summed E-state index contributed by atoms with van der Waals surface area (Å²) in [7, 11) is 0. The highest BCUT2D eigenvalue weighted by atomic mass is 16.5. The van der Waals surface area contributed by atoms with Crippen molar-refractivity contribution in [1.82, 2.24) is 25.9 Å². The van der Waals surface area contributed by atoms with Crippen LogP contribution in [0.5, 0.6) is 0 Å². The summed E-state index contributed by atoms with van der Waals surface area (Å²) in [6.07, 6.45) is -1.98. The number of rotatable bonds is 6. The van der Waals surface area contributed by atoms with Crippen LogP contribution in [0.3, 0.4) is 0 Å². The van der Waals surface area contributed by atoms with Crippen molar-refractivity contribution in [1.29, 1.82) is 0 Å². The summed E-state index contributed by atoms with van der Waals surface area (Å²) in [6, 6.07) is 7.83. The van der Waals surface area contributed by atoms with Crippen molar-refractivity contribution in [2.45, 2.75) is 25.7 Å². The zero-order valence-electron chi connectivity index (χ0n) is 12.3. The van der Waals surface area contributed by atoms with E-state index in [1.165, 1.54) is 6.92 Å². The molecule has 1 heterocycles. The largest absolute Gasteiger partial charge is 0.445 e. The SMILES string of the molecule is C[C@H](O)[C@H](NC(=O)OCc1ccccc1)C(=O)Nc1nn[nH]n1. The minimum absolute atomic E-state index is 0.0473. The number of anilines is 1. The third kappa shape index (κ3) is 5.04. The maximum atomic E-state index is 12.0. The van der Waals surface area contributed by atoms with Gasteiger partial charge in [0.25, 0.3) is 11.9 Å². The number of ether oxygens (including phenoxy) is 1. The molecular formula is C13H16N6O4. The van der Waals surface area contributed by atoms with E-state index in [1.807, 2.05) is 18.2 Å². The third-order valence-corrected chi connectivity index (χ3v) is 2.83. The molecule has 0 saturated carbocycles. The molecule has 2 aromatic rings. The van der Waals surface area contributed by atoms with Crippen molar-refractivity contribution in [3.05, 3.63) is 35.9 Å². The second-order valence-electron chi connectivity index (χ2n) is 4.65. The summed E-state index contributed by atoms with van der Waals surface area (Å²) in [4.78, 5) is 23.8. The molecule has 0 unspecified atom stereocenters. The van der Waals surface area contributed by atoms with Crippen LogP contribution in [0, 0.1) is 0 Å². The lowest BCUT2D eigenvalue weighted by atomic mass is 10.2. The highest BCUT2D eigenvalue weighted by Gasteiger charge is 2.27. The van der Waals surface area contributed by atoms with Crippen LogP contribution in [0.15, 0.2) is 30.3 Å². The number of aromatic amines is 1. The molecule has 0 fully saturated rings. The minimum Gasteiger partial charge on any atom is -0.445 e. The molecule has 2 rings (SSSR count). The number of amides is 2. The van der Waals surface area contributed by atoms with Crippen molar-refractivity contribution in [2.24, 2.45) is 0 Å². The lowest BCUT2D eigenvalue weighted by Gasteiger charge is -2.19. The van der Waals surface area contributed by atoms with E-state index in [0.29, 0.717) is 0 Å². The van der Waals surface area contributed by atoms with Gasteiger partial charge in [0.2, 0.25) is 0 Å². The summed E-state index contributed by atoms with van der Waals surface area (Å²) in [6.45, 7) is 1.41. The minimum atomic E-state index is -1.23. The Bertz CT molecular complexity index is 631. The van der Waals surface area contributed by atoms with E-state index in [1.54, 1.807) is 12.1 Å². The highest BCUT2D eigenvalue weighted by Crippen LogP contribution is 2.03. The van der Waals surface area contributed by atoms with Gasteiger partial charge in [-0.3, -0.25) is 10.1 Å². The Hall–Kier alpha value is -3.01. The predicted molar refractivity (Wildman–Crippen MR) is 78.0 cm³/mol. The van der Waals surface area contributed by atoms with Gasteiger partial charge in [-0.05, 0) is 17.7 Å². The number of tetrazole rings is 1. The Balaban J connectivity index is 1.88. The Morgan fingerprint density at radius 2 is 2.09 bits per heavy atom. The van der Waals surface area contributed by atoms with Gasteiger partial charge in [0.05, 0.1) is 6.10 Å². The van der Waals surface area contributed by atoms with Crippen molar-refractivity contribution in [3.63, 3.8) is 0 Å². The first-order valence-electron chi connectivity index (χ1n) is 6.76. The quantitative estimate of drug-likeness (QED) is 0.578. The fourth-order valence-electron chi connectivity index (χ4n) is 1.70. The lowest BCUT2D eigenvalue weighted by molar-refractivity contribution is -0.120. The smallest absolute Gasteiger partial charge is 0.408 e. The Morgan fingerprint density at radius 1 is 1.35 bits per heavy atom. The Kier molecular flexibility index (Phi) is 5.58. The summed E-state index contributed by atoms with van der Waals surface area (Å²) < 4.78 is 5.00. The van der Waals surface area contributed by atoms with Gasteiger partial charge >= 0.3 is 6.09 Å². The third-order valence-electron chi connectivity index (χ3n) is 2.83. The van der Waals surface area contributed by atoms with Crippen LogP contribution in [0.1, 0.15) is 12.5 Å². The fourth-order valence-corrected chi connectivity index (χ4v) is 1.70. The van der Waals surface area contributed by atoms with Gasteiger partial charge in [-0.2, -0.15) is 5.21 Å². The molecule has 0 aliphatic carbocycles. The number of nitrogens with one attached hydrogen (secondary N) is 3. The molecule has 2 atom stereocenters. The van der Waals surface area contributed by atoms with Crippen molar-refractivity contribution in [2.75, 3.05) is 5.32 Å². The number of H-pyrrole nitrogens is 1. The zero-order valence-corrected chi connectivity index (χ0v) is 12.3. The molecule has 2 amide bonds. The molecular weight excluding hydrogens is 304 g/mol. The van der Waals surface area contributed by atoms with Crippen LogP contribution in [-0.2, 0) is 16.1 Å². The van der Waals surface area contributed by atoms with E-state index in [9.17, 15) is 14.7 Å². The van der Waals surface area contributed by atoms with Crippen LogP contribution in [-0.4, -0.2) is 49.9 Å². The van der Waals surface area contributed by atoms with E-state index >= 15 is 0 Å². The summed E-state index contributed by atoms with van der Waals surface area (Å²) in [5, 5.41) is 26.8. The average Bonchev–Trinajstić information content (AvgIpc) is 3.04. The second-order valence-corrected chi connectivity index (χ2v) is 4.65. The van der Waals surface area contributed by atoms with Crippen molar-refractivity contribution >= 4 is 17.9 Å². The van der Waals surface area contributed by atoms with Crippen LogP contribution >= 0.6 is 0 Å². The fraction of sp³-hybridized carbons (Fsp3) is 0.308. The molecule has 122 valence electrons. The number of aliphatic hydroxyl groups is 1. The number of nitrogens with zero attached hydrogens (tertiary/aromatic N) is 3. The molecule has 4 N–H and O–H groups in total. The normalized spacial score (nSPS) is 13.0. The predicted octanol–water partition coefficient (Wildman–Crippen LogP) is -0.186. The first-order valence-corrected chi connectivity index (χ1v) is 6.76. The van der Waals surface area contributed by atoms with E-state index in [0.717, 1.165) is 5.56 Å². The van der Waals surface area contributed by atoms with Crippen molar-refractivity contribution < 1.29 is 19.4 Å². The van der Waals surface area contributed by atoms with Crippen LogP contribution in [0.2, 0.25) is 0 Å². The molecule has 0 bridgehead atoms. The van der Waals surface area contributed by atoms with Gasteiger partial charge in [-0.1, -0.05) is 35.4 Å². The molecule has 0 aliphatic heterocycles. The van der Waals surface area contributed by atoms with E-state index in [2.05, 4.69) is 31.3 Å². The van der Waals surface area contributed by atoms with Crippen LogP contribution in [0.25, 0.3) is 0 Å². The summed E-state index contributed by atoms with van der Waals surface area (Å²) >= 11 is 0. The molecule has 0 saturated heterocycles. The number of hydrogen-bond acceptors (Lipinski definition) is 7. The van der Waals surface area contributed by atoms with Gasteiger partial charge in [0, 0.05) is 0 Å². The standard InChI is InChI=1S/C13H16N6O4/c1-8(20)10(11(21)15-12-16-18-19-17-12)14-13(22)23-7-9-5-3-2-4-6-9/h2-6,8,10,20H,7H2,1H3,(H,14,22)(H2,15,16,17,18,19,21)/t8-,10-/m0/s1. The number of aliphatic hydroxyl groups excluding tert-OH is 1. The number of aromatic nitrogens is 4. The van der Waals surface area contributed by atoms with Gasteiger partial charge in [-0.25, -0.2) is 4.79 Å². The summed E-state index contributed by atoms with van der Waals surface area (Å²) in [5.41, 5.74) is 0.799. The number of carbonyl (C=O) groups excluding carboxylic acids is 2. The molecule has 10 heteroatoms. The van der Waals surface area contributed by atoms with Gasteiger partial charge < -0.3 is 15.2 Å². The van der Waals surface area contributed by atoms with Crippen molar-refractivity contribution in [3.8, 4) is 0 Å². The van der Waals surface area contributed by atoms with E-state index in [-0.39, 0.29) is 12.6 Å². The zero-order chi connectivity index (χ0) is 16.7. The first kappa shape index (κ1) is 16.4. The number of benzene rings is 1. The molecule has 0 radical (unpaired) electrons. The van der Waals surface area contributed by atoms with E-state index < -0.39 is 24.1 Å². The molecule has 1 aromatic carbocycles. The lowest BCUT2D eigenvalue weighted by Crippen LogP contribution is -2.50. The highest BCUT2D eigenvalue weighted by molar-refractivity contribution is 5.95. The average molecular weight is 320 g/mol. The number of alkyl carbamates (subject to hydrolysis) is 1. The maximum absolute atomic E-state index is 12.0. The molecule has 1 aromatic heterocycles. The Morgan fingerprint density at radius 3 is 2.70 bits per heavy atom. The molecule has 10 nitrogen and oxygen atoms in total. The maximum Gasteiger partial charge on any atom is 0.408 e. The topological polar surface area (TPSA) is 142 Å². The molecule has 23 heavy (non-hydrogen) atoms. The Labute approximate surface area is 131 Å². The summed E-state index contributed by atoms with van der Waals surface area (Å²) in [5.74, 6) is -0.766. The van der Waals surface area contributed by atoms with E-state index in [4.69, 9.17) is 4.74 Å². The van der Waals surface area contributed by atoms with Gasteiger partial charge in [-0.15, -0.1) is 5.10 Å². The first-order chi connectivity index (χ1) is 11.1. The molecule has 0 spiro atoms. The van der Waals surface area contributed by atoms with Gasteiger partial charge in [0.1, 0.15) is 12.6 Å². The van der Waals surface area contributed by atoms with Gasteiger partial charge in [0.15, 0.2) is 0 Å². The van der Waals surface area contributed by atoms with Crippen LogP contribution in [0.4, 0.5) is 10.7 Å². The number of hydrogen-bond donors (Lipinski definition) is 4. The molecule has 0 aliphatic rings. The van der Waals surface area contributed by atoms with Crippen LogP contribution < -0.4 is 10.6 Å².